The quantitative estimate of drug-likeness (QED) is 0.568. The van der Waals surface area contributed by atoms with Crippen molar-refractivity contribution in [3.63, 3.8) is 0 Å². The largest absolute Gasteiger partial charge is 0.325 e. The molecule has 0 fully saturated rings. The molecule has 2 amide bonds. The molecule has 2 aromatic rings. The molecule has 0 unspecified atom stereocenters. The van der Waals surface area contributed by atoms with Crippen molar-refractivity contribution in [1.29, 1.82) is 0 Å². The standard InChI is InChI=1S/C23H32N4O4S/c1-6-27(7-2)32(30,31)20-13-10-18(4)21(14-20)25-23(29)16-26(5)15-22(28)24-19-11-8-17(3)9-12-19/h8-14H,6-7,15-16H2,1-5H3,(H,24,28)(H,25,29). The first-order chi connectivity index (χ1) is 15.1. The molecule has 0 saturated heterocycles. The Balaban J connectivity index is 1.99. The van der Waals surface area contributed by atoms with E-state index in [0.717, 1.165) is 11.1 Å². The van der Waals surface area contributed by atoms with E-state index >= 15 is 0 Å². The van der Waals surface area contributed by atoms with Crippen molar-refractivity contribution in [2.75, 3.05) is 43.9 Å². The number of likely N-dealkylation sites (N-methyl/N-ethyl adjacent to an activating group) is 1. The van der Waals surface area contributed by atoms with E-state index in [1.165, 1.54) is 10.4 Å². The van der Waals surface area contributed by atoms with E-state index in [9.17, 15) is 18.0 Å². The van der Waals surface area contributed by atoms with Gasteiger partial charge in [0.15, 0.2) is 0 Å². The summed E-state index contributed by atoms with van der Waals surface area (Å²) in [4.78, 5) is 26.5. The normalized spacial score (nSPS) is 11.6. The first-order valence-electron chi connectivity index (χ1n) is 10.5. The van der Waals surface area contributed by atoms with E-state index in [2.05, 4.69) is 10.6 Å². The molecular weight excluding hydrogens is 428 g/mol. The molecule has 0 aromatic heterocycles. The molecule has 0 atom stereocenters. The number of benzene rings is 2. The van der Waals surface area contributed by atoms with Gasteiger partial charge in [-0.15, -0.1) is 0 Å². The van der Waals surface area contributed by atoms with E-state index < -0.39 is 10.0 Å². The third-order valence-electron chi connectivity index (χ3n) is 4.99. The van der Waals surface area contributed by atoms with Gasteiger partial charge in [0.2, 0.25) is 21.8 Å². The number of anilines is 2. The molecule has 0 spiro atoms. The number of aryl methyl sites for hydroxylation is 2. The van der Waals surface area contributed by atoms with Crippen LogP contribution >= 0.6 is 0 Å². The Hall–Kier alpha value is -2.75. The van der Waals surface area contributed by atoms with Crippen LogP contribution < -0.4 is 10.6 Å². The Morgan fingerprint density at radius 1 is 0.875 bits per heavy atom. The van der Waals surface area contributed by atoms with Crippen LogP contribution in [0.3, 0.4) is 0 Å². The van der Waals surface area contributed by atoms with E-state index in [1.807, 2.05) is 31.2 Å². The molecule has 32 heavy (non-hydrogen) atoms. The van der Waals surface area contributed by atoms with E-state index in [4.69, 9.17) is 0 Å². The van der Waals surface area contributed by atoms with Crippen LogP contribution in [0.25, 0.3) is 0 Å². The SMILES string of the molecule is CCN(CC)S(=O)(=O)c1ccc(C)c(NC(=O)CN(C)CC(=O)Nc2ccc(C)cc2)c1. The van der Waals surface area contributed by atoms with E-state index in [1.54, 1.807) is 44.9 Å². The summed E-state index contributed by atoms with van der Waals surface area (Å²) in [5, 5.41) is 5.56. The summed E-state index contributed by atoms with van der Waals surface area (Å²) in [6, 6.07) is 12.1. The van der Waals surface area contributed by atoms with Crippen molar-refractivity contribution in [2.45, 2.75) is 32.6 Å². The summed E-state index contributed by atoms with van der Waals surface area (Å²) in [6.07, 6.45) is 0. The van der Waals surface area contributed by atoms with Crippen molar-refractivity contribution >= 4 is 33.2 Å². The minimum atomic E-state index is -3.63. The van der Waals surface area contributed by atoms with Gasteiger partial charge < -0.3 is 10.6 Å². The van der Waals surface area contributed by atoms with Gasteiger partial charge in [0, 0.05) is 24.5 Å². The molecule has 0 aliphatic heterocycles. The highest BCUT2D eigenvalue weighted by Crippen LogP contribution is 2.23. The lowest BCUT2D eigenvalue weighted by atomic mass is 10.2. The lowest BCUT2D eigenvalue weighted by molar-refractivity contribution is -0.119. The number of hydrogen-bond donors (Lipinski definition) is 2. The number of amides is 2. The predicted molar refractivity (Wildman–Crippen MR) is 127 cm³/mol. The Labute approximate surface area is 190 Å². The average Bonchev–Trinajstić information content (AvgIpc) is 2.71. The average molecular weight is 461 g/mol. The van der Waals surface area contributed by atoms with Gasteiger partial charge in [-0.05, 0) is 50.7 Å². The second-order valence-corrected chi connectivity index (χ2v) is 9.64. The number of hydrogen-bond acceptors (Lipinski definition) is 5. The first kappa shape index (κ1) is 25.5. The van der Waals surface area contributed by atoms with Gasteiger partial charge in [-0.25, -0.2) is 8.42 Å². The molecule has 0 aliphatic rings. The van der Waals surface area contributed by atoms with E-state index in [0.29, 0.717) is 24.5 Å². The number of nitrogens with zero attached hydrogens (tertiary/aromatic N) is 2. The summed E-state index contributed by atoms with van der Waals surface area (Å²) in [5.74, 6) is -0.566. The van der Waals surface area contributed by atoms with Gasteiger partial charge in [0.25, 0.3) is 0 Å². The fourth-order valence-electron chi connectivity index (χ4n) is 3.18. The number of carbonyl (C=O) groups excluding carboxylic acids is 2. The van der Waals surface area contributed by atoms with Crippen molar-refractivity contribution in [3.05, 3.63) is 53.6 Å². The zero-order chi connectivity index (χ0) is 23.9. The molecule has 2 aromatic carbocycles. The molecule has 0 aliphatic carbocycles. The second-order valence-electron chi connectivity index (χ2n) is 7.70. The van der Waals surface area contributed by atoms with Crippen molar-refractivity contribution < 1.29 is 18.0 Å². The van der Waals surface area contributed by atoms with Crippen molar-refractivity contribution in [2.24, 2.45) is 0 Å². The molecule has 9 heteroatoms. The Morgan fingerprint density at radius 3 is 2.00 bits per heavy atom. The molecule has 174 valence electrons. The van der Waals surface area contributed by atoms with Gasteiger partial charge in [0.05, 0.1) is 18.0 Å². The van der Waals surface area contributed by atoms with Gasteiger partial charge >= 0.3 is 0 Å². The minimum absolute atomic E-state index is 0.0201. The lowest BCUT2D eigenvalue weighted by Gasteiger charge is -2.20. The van der Waals surface area contributed by atoms with Gasteiger partial charge in [0.1, 0.15) is 0 Å². The highest BCUT2D eigenvalue weighted by molar-refractivity contribution is 7.89. The molecule has 0 bridgehead atoms. The van der Waals surface area contributed by atoms with Gasteiger partial charge in [-0.1, -0.05) is 37.6 Å². The molecule has 2 rings (SSSR count). The van der Waals surface area contributed by atoms with E-state index in [-0.39, 0.29) is 29.8 Å². The smallest absolute Gasteiger partial charge is 0.243 e. The number of sulfonamides is 1. The van der Waals surface area contributed by atoms with Crippen LogP contribution in [-0.2, 0) is 19.6 Å². The second kappa shape index (κ2) is 11.2. The first-order valence-corrected chi connectivity index (χ1v) is 12.0. The summed E-state index contributed by atoms with van der Waals surface area (Å²) < 4.78 is 26.9. The highest BCUT2D eigenvalue weighted by atomic mass is 32.2. The van der Waals surface area contributed by atoms with Crippen LogP contribution in [0.4, 0.5) is 11.4 Å². The van der Waals surface area contributed by atoms with Crippen molar-refractivity contribution in [3.8, 4) is 0 Å². The molecular formula is C23H32N4O4S. The fraction of sp³-hybridized carbons (Fsp3) is 0.391. The summed E-state index contributed by atoms with van der Waals surface area (Å²) in [5.41, 5.74) is 2.97. The van der Waals surface area contributed by atoms with Crippen LogP contribution in [0.2, 0.25) is 0 Å². The molecule has 0 radical (unpaired) electrons. The van der Waals surface area contributed by atoms with Gasteiger partial charge in [-0.2, -0.15) is 4.31 Å². The topological polar surface area (TPSA) is 98.8 Å². The zero-order valence-electron chi connectivity index (χ0n) is 19.3. The zero-order valence-corrected chi connectivity index (χ0v) is 20.1. The maximum Gasteiger partial charge on any atom is 0.243 e. The lowest BCUT2D eigenvalue weighted by Crippen LogP contribution is -2.36. The van der Waals surface area contributed by atoms with Gasteiger partial charge in [-0.3, -0.25) is 14.5 Å². The summed E-state index contributed by atoms with van der Waals surface area (Å²) in [6.45, 7) is 8.07. The molecule has 2 N–H and O–H groups in total. The predicted octanol–water partition coefficient (Wildman–Crippen LogP) is 2.84. The minimum Gasteiger partial charge on any atom is -0.325 e. The maximum absolute atomic E-state index is 12.8. The molecule has 0 saturated carbocycles. The number of rotatable bonds is 10. The Morgan fingerprint density at radius 2 is 1.44 bits per heavy atom. The number of carbonyl (C=O) groups is 2. The van der Waals surface area contributed by atoms with Crippen LogP contribution in [-0.4, -0.2) is 62.7 Å². The molecule has 0 heterocycles. The number of nitrogens with one attached hydrogen (secondary N) is 2. The summed E-state index contributed by atoms with van der Waals surface area (Å²) in [7, 11) is -1.96. The van der Waals surface area contributed by atoms with Crippen LogP contribution in [0.15, 0.2) is 47.4 Å². The molecule has 8 nitrogen and oxygen atoms in total. The Kier molecular flexibility index (Phi) is 8.94. The fourth-order valence-corrected chi connectivity index (χ4v) is 4.67. The Bertz CT molecular complexity index is 1050. The highest BCUT2D eigenvalue weighted by Gasteiger charge is 2.22. The van der Waals surface area contributed by atoms with Crippen molar-refractivity contribution in [1.82, 2.24) is 9.21 Å². The third-order valence-corrected chi connectivity index (χ3v) is 7.03. The maximum atomic E-state index is 12.8. The third kappa shape index (κ3) is 6.88. The summed E-state index contributed by atoms with van der Waals surface area (Å²) >= 11 is 0. The van der Waals surface area contributed by atoms with Crippen LogP contribution in [0.1, 0.15) is 25.0 Å². The van der Waals surface area contributed by atoms with Crippen LogP contribution in [0, 0.1) is 13.8 Å². The monoisotopic (exact) mass is 460 g/mol. The van der Waals surface area contributed by atoms with Crippen LogP contribution in [0.5, 0.6) is 0 Å².